The highest BCUT2D eigenvalue weighted by molar-refractivity contribution is 5.94. The van der Waals surface area contributed by atoms with E-state index < -0.39 is 0 Å². The van der Waals surface area contributed by atoms with E-state index in [0.29, 0.717) is 18.7 Å². The highest BCUT2D eigenvalue weighted by atomic mass is 16.3. The monoisotopic (exact) mass is 270 g/mol. The van der Waals surface area contributed by atoms with Gasteiger partial charge in [-0.25, -0.2) is 0 Å². The van der Waals surface area contributed by atoms with Crippen LogP contribution in [-0.4, -0.2) is 23.0 Å². The third-order valence-corrected chi connectivity index (χ3v) is 3.14. The Kier molecular flexibility index (Phi) is 4.38. The molecule has 20 heavy (non-hydrogen) atoms. The molecule has 104 valence electrons. The molecule has 1 amide bonds. The van der Waals surface area contributed by atoms with Crippen molar-refractivity contribution in [2.75, 3.05) is 7.05 Å². The second-order valence-corrected chi connectivity index (χ2v) is 4.73. The Labute approximate surface area is 118 Å². The molecule has 2 aromatic carbocycles. The summed E-state index contributed by atoms with van der Waals surface area (Å²) in [4.78, 5) is 13.9. The molecule has 0 heterocycles. The fourth-order valence-electron chi connectivity index (χ4n) is 1.95. The number of rotatable bonds is 4. The second-order valence-electron chi connectivity index (χ2n) is 4.73. The van der Waals surface area contributed by atoms with Gasteiger partial charge < -0.3 is 15.7 Å². The molecule has 4 nitrogen and oxygen atoms in total. The minimum atomic E-state index is -0.0760. The van der Waals surface area contributed by atoms with Gasteiger partial charge in [0.1, 0.15) is 5.75 Å². The number of nitrogens with zero attached hydrogens (tertiary/aromatic N) is 1. The number of phenolic OH excluding ortho intramolecular Hbond substituents is 1. The minimum absolute atomic E-state index is 0.0760. The number of aromatic hydroxyl groups is 1. The van der Waals surface area contributed by atoms with Crippen LogP contribution in [0.1, 0.15) is 21.5 Å². The van der Waals surface area contributed by atoms with E-state index in [4.69, 9.17) is 5.73 Å². The van der Waals surface area contributed by atoms with Gasteiger partial charge in [0.05, 0.1) is 0 Å². The van der Waals surface area contributed by atoms with Gasteiger partial charge in [0, 0.05) is 25.7 Å². The molecule has 4 heteroatoms. The molecule has 0 bridgehead atoms. The summed E-state index contributed by atoms with van der Waals surface area (Å²) >= 11 is 0. The number of amides is 1. The van der Waals surface area contributed by atoms with Gasteiger partial charge in [0.2, 0.25) is 0 Å². The lowest BCUT2D eigenvalue weighted by atomic mass is 10.1. The van der Waals surface area contributed by atoms with Crippen molar-refractivity contribution in [3.8, 4) is 5.75 Å². The predicted molar refractivity (Wildman–Crippen MR) is 78.2 cm³/mol. The lowest BCUT2D eigenvalue weighted by Crippen LogP contribution is -2.26. The molecule has 0 saturated heterocycles. The number of benzene rings is 2. The SMILES string of the molecule is CN(Cc1ccc(CN)cc1)C(=O)c1ccc(O)cc1. The molecule has 0 radical (unpaired) electrons. The summed E-state index contributed by atoms with van der Waals surface area (Å²) in [5, 5.41) is 9.23. The van der Waals surface area contributed by atoms with Crippen LogP contribution in [0.4, 0.5) is 0 Å². The van der Waals surface area contributed by atoms with Crippen LogP contribution in [0.2, 0.25) is 0 Å². The van der Waals surface area contributed by atoms with Gasteiger partial charge in [0.25, 0.3) is 5.91 Å². The molecule has 0 unspecified atom stereocenters. The van der Waals surface area contributed by atoms with E-state index in [-0.39, 0.29) is 11.7 Å². The van der Waals surface area contributed by atoms with Crippen molar-refractivity contribution in [1.29, 1.82) is 0 Å². The number of hydrogen-bond acceptors (Lipinski definition) is 3. The molecule has 0 aliphatic rings. The summed E-state index contributed by atoms with van der Waals surface area (Å²) in [7, 11) is 1.76. The number of nitrogens with two attached hydrogens (primary N) is 1. The minimum Gasteiger partial charge on any atom is -0.508 e. The van der Waals surface area contributed by atoms with Gasteiger partial charge in [-0.05, 0) is 35.4 Å². The zero-order valence-corrected chi connectivity index (χ0v) is 11.4. The van der Waals surface area contributed by atoms with Crippen LogP contribution in [0.25, 0.3) is 0 Å². The third-order valence-electron chi connectivity index (χ3n) is 3.14. The zero-order chi connectivity index (χ0) is 14.5. The van der Waals surface area contributed by atoms with Crippen molar-refractivity contribution >= 4 is 5.91 Å². The summed E-state index contributed by atoms with van der Waals surface area (Å²) in [5.41, 5.74) is 8.23. The van der Waals surface area contributed by atoms with E-state index in [1.807, 2.05) is 24.3 Å². The smallest absolute Gasteiger partial charge is 0.253 e. The van der Waals surface area contributed by atoms with E-state index in [0.717, 1.165) is 11.1 Å². The predicted octanol–water partition coefficient (Wildman–Crippen LogP) is 2.12. The van der Waals surface area contributed by atoms with Gasteiger partial charge in [-0.3, -0.25) is 4.79 Å². The topological polar surface area (TPSA) is 66.6 Å². The maximum atomic E-state index is 12.2. The summed E-state index contributed by atoms with van der Waals surface area (Å²) in [6.07, 6.45) is 0. The third kappa shape index (κ3) is 3.36. The van der Waals surface area contributed by atoms with Crippen LogP contribution in [0.15, 0.2) is 48.5 Å². The van der Waals surface area contributed by atoms with Crippen LogP contribution >= 0.6 is 0 Å². The quantitative estimate of drug-likeness (QED) is 0.894. The lowest BCUT2D eigenvalue weighted by Gasteiger charge is -2.17. The first-order valence-electron chi connectivity index (χ1n) is 6.42. The molecule has 0 fully saturated rings. The maximum absolute atomic E-state index is 12.2. The highest BCUT2D eigenvalue weighted by Gasteiger charge is 2.11. The lowest BCUT2D eigenvalue weighted by molar-refractivity contribution is 0.0785. The molecule has 2 rings (SSSR count). The van der Waals surface area contributed by atoms with E-state index in [9.17, 15) is 9.90 Å². The van der Waals surface area contributed by atoms with Crippen LogP contribution in [0.3, 0.4) is 0 Å². The van der Waals surface area contributed by atoms with Crippen molar-refractivity contribution in [3.63, 3.8) is 0 Å². The summed E-state index contributed by atoms with van der Waals surface area (Å²) in [6, 6.07) is 14.1. The Hall–Kier alpha value is -2.33. The number of phenols is 1. The molecule has 3 N–H and O–H groups in total. The van der Waals surface area contributed by atoms with Gasteiger partial charge in [0.15, 0.2) is 0 Å². The molecule has 0 aromatic heterocycles. The highest BCUT2D eigenvalue weighted by Crippen LogP contribution is 2.13. The fraction of sp³-hybridized carbons (Fsp3) is 0.188. The van der Waals surface area contributed by atoms with E-state index in [1.165, 1.54) is 12.1 Å². The molecule has 0 saturated carbocycles. The Bertz CT molecular complexity index is 576. The van der Waals surface area contributed by atoms with Crippen molar-refractivity contribution in [3.05, 3.63) is 65.2 Å². The fourth-order valence-corrected chi connectivity index (χ4v) is 1.95. The van der Waals surface area contributed by atoms with Crippen LogP contribution < -0.4 is 5.73 Å². The van der Waals surface area contributed by atoms with Crippen molar-refractivity contribution in [2.24, 2.45) is 5.73 Å². The standard InChI is InChI=1S/C16H18N2O2/c1-18(11-13-4-2-12(10-17)3-5-13)16(20)14-6-8-15(19)9-7-14/h2-9,19H,10-11,17H2,1H3. The molecular formula is C16H18N2O2. The number of hydrogen-bond donors (Lipinski definition) is 2. The van der Waals surface area contributed by atoms with Gasteiger partial charge in [-0.2, -0.15) is 0 Å². The first-order valence-corrected chi connectivity index (χ1v) is 6.42. The first kappa shape index (κ1) is 14.1. The van der Waals surface area contributed by atoms with Gasteiger partial charge in [-0.1, -0.05) is 24.3 Å². The normalized spacial score (nSPS) is 10.3. The van der Waals surface area contributed by atoms with E-state index >= 15 is 0 Å². The molecule has 0 aliphatic heterocycles. The maximum Gasteiger partial charge on any atom is 0.253 e. The Morgan fingerprint density at radius 1 is 1.05 bits per heavy atom. The molecule has 2 aromatic rings. The van der Waals surface area contributed by atoms with Crippen LogP contribution in [0.5, 0.6) is 5.75 Å². The average molecular weight is 270 g/mol. The van der Waals surface area contributed by atoms with Gasteiger partial charge >= 0.3 is 0 Å². The number of carbonyl (C=O) groups excluding carboxylic acids is 1. The van der Waals surface area contributed by atoms with E-state index in [1.54, 1.807) is 24.1 Å². The summed E-state index contributed by atoms with van der Waals surface area (Å²) < 4.78 is 0. The van der Waals surface area contributed by atoms with Crippen LogP contribution in [-0.2, 0) is 13.1 Å². The van der Waals surface area contributed by atoms with Crippen LogP contribution in [0, 0.1) is 0 Å². The van der Waals surface area contributed by atoms with Crippen molar-refractivity contribution < 1.29 is 9.90 Å². The average Bonchev–Trinajstić information content (AvgIpc) is 2.48. The van der Waals surface area contributed by atoms with E-state index in [2.05, 4.69) is 0 Å². The first-order chi connectivity index (χ1) is 9.60. The largest absolute Gasteiger partial charge is 0.508 e. The summed E-state index contributed by atoms with van der Waals surface area (Å²) in [5.74, 6) is 0.0782. The Morgan fingerprint density at radius 3 is 2.15 bits per heavy atom. The molecule has 0 aliphatic carbocycles. The Morgan fingerprint density at radius 2 is 1.60 bits per heavy atom. The zero-order valence-electron chi connectivity index (χ0n) is 11.4. The van der Waals surface area contributed by atoms with Crippen molar-refractivity contribution in [1.82, 2.24) is 4.90 Å². The summed E-state index contributed by atoms with van der Waals surface area (Å²) in [6.45, 7) is 1.05. The molecular weight excluding hydrogens is 252 g/mol. The van der Waals surface area contributed by atoms with Crippen molar-refractivity contribution in [2.45, 2.75) is 13.1 Å². The molecule has 0 atom stereocenters. The van der Waals surface area contributed by atoms with Gasteiger partial charge in [-0.15, -0.1) is 0 Å². The Balaban J connectivity index is 2.04. The second kappa shape index (κ2) is 6.21. The number of carbonyl (C=O) groups is 1. The molecule has 0 spiro atoms.